The molecule has 0 spiro atoms. The van der Waals surface area contributed by atoms with Crippen molar-refractivity contribution in [1.29, 1.82) is 0 Å². The normalized spacial score (nSPS) is 12.1. The summed E-state index contributed by atoms with van der Waals surface area (Å²) in [6.07, 6.45) is 0. The third-order valence-corrected chi connectivity index (χ3v) is 6.91. The van der Waals surface area contributed by atoms with Crippen LogP contribution in [0.1, 0.15) is 12.5 Å². The molecule has 0 saturated heterocycles. The van der Waals surface area contributed by atoms with Crippen molar-refractivity contribution in [3.05, 3.63) is 88.4 Å². The van der Waals surface area contributed by atoms with Gasteiger partial charge in [-0.1, -0.05) is 59.1 Å². The summed E-state index contributed by atoms with van der Waals surface area (Å²) in [6.45, 7) is 3.53. The van der Waals surface area contributed by atoms with E-state index in [-0.39, 0.29) is 33.3 Å². The van der Waals surface area contributed by atoms with Crippen LogP contribution in [0, 0.1) is 6.92 Å². The molecular weight excluding hydrogens is 483 g/mol. The van der Waals surface area contributed by atoms with E-state index >= 15 is 0 Å². The molecule has 9 heteroatoms. The SMILES string of the molecule is Cc1ccc(OCC(C)NC(=O)CN(c2cc(Cl)cc(Cl)c2)S(=O)(=O)c2ccccc2)cc1. The molecule has 0 aliphatic carbocycles. The number of sulfonamides is 1. The summed E-state index contributed by atoms with van der Waals surface area (Å²) in [5.41, 5.74) is 1.31. The van der Waals surface area contributed by atoms with Crippen LogP contribution < -0.4 is 14.4 Å². The first-order valence-corrected chi connectivity index (χ1v) is 12.4. The molecule has 1 atom stereocenters. The van der Waals surface area contributed by atoms with E-state index in [0.717, 1.165) is 9.87 Å². The first-order valence-electron chi connectivity index (χ1n) is 10.2. The molecule has 1 amide bonds. The van der Waals surface area contributed by atoms with Gasteiger partial charge in [-0.3, -0.25) is 9.10 Å². The number of anilines is 1. The largest absolute Gasteiger partial charge is 0.491 e. The molecule has 0 fully saturated rings. The second-order valence-corrected chi connectivity index (χ2v) is 10.3. The molecule has 3 aromatic rings. The predicted octanol–water partition coefficient (Wildman–Crippen LogP) is 5.08. The summed E-state index contributed by atoms with van der Waals surface area (Å²) in [6, 6.07) is 19.4. The number of carbonyl (C=O) groups excluding carboxylic acids is 1. The lowest BCUT2D eigenvalue weighted by Gasteiger charge is -2.25. The highest BCUT2D eigenvalue weighted by Crippen LogP contribution is 2.29. The van der Waals surface area contributed by atoms with Gasteiger partial charge in [-0.05, 0) is 56.3 Å². The number of hydrogen-bond donors (Lipinski definition) is 1. The zero-order valence-corrected chi connectivity index (χ0v) is 20.5. The van der Waals surface area contributed by atoms with Gasteiger partial charge in [0.15, 0.2) is 0 Å². The van der Waals surface area contributed by atoms with Gasteiger partial charge in [0.25, 0.3) is 10.0 Å². The van der Waals surface area contributed by atoms with Gasteiger partial charge in [-0.15, -0.1) is 0 Å². The Morgan fingerprint density at radius 2 is 1.61 bits per heavy atom. The number of rotatable bonds is 9. The summed E-state index contributed by atoms with van der Waals surface area (Å²) < 4.78 is 33.4. The Morgan fingerprint density at radius 1 is 1.00 bits per heavy atom. The van der Waals surface area contributed by atoms with Crippen LogP contribution >= 0.6 is 23.2 Å². The molecule has 3 aromatic carbocycles. The van der Waals surface area contributed by atoms with Gasteiger partial charge >= 0.3 is 0 Å². The minimum absolute atomic E-state index is 0.0460. The summed E-state index contributed by atoms with van der Waals surface area (Å²) in [4.78, 5) is 12.8. The molecule has 0 aliphatic rings. The number of nitrogens with one attached hydrogen (secondary N) is 1. The number of hydrogen-bond acceptors (Lipinski definition) is 4. The molecule has 0 bridgehead atoms. The van der Waals surface area contributed by atoms with Crippen molar-refractivity contribution in [2.45, 2.75) is 24.8 Å². The minimum Gasteiger partial charge on any atom is -0.491 e. The quantitative estimate of drug-likeness (QED) is 0.438. The first-order chi connectivity index (χ1) is 15.6. The lowest BCUT2D eigenvalue weighted by molar-refractivity contribution is -0.120. The molecule has 0 saturated carbocycles. The van der Waals surface area contributed by atoms with E-state index in [1.165, 1.54) is 30.3 Å². The fourth-order valence-electron chi connectivity index (χ4n) is 3.07. The van der Waals surface area contributed by atoms with E-state index in [9.17, 15) is 13.2 Å². The molecule has 33 heavy (non-hydrogen) atoms. The highest BCUT2D eigenvalue weighted by atomic mass is 35.5. The minimum atomic E-state index is -4.05. The number of ether oxygens (including phenoxy) is 1. The maximum absolute atomic E-state index is 13.3. The third kappa shape index (κ3) is 6.87. The van der Waals surface area contributed by atoms with Gasteiger partial charge in [-0.2, -0.15) is 0 Å². The van der Waals surface area contributed by atoms with Crippen LogP contribution in [-0.2, 0) is 14.8 Å². The second kappa shape index (κ2) is 10.9. The van der Waals surface area contributed by atoms with E-state index in [4.69, 9.17) is 27.9 Å². The van der Waals surface area contributed by atoms with E-state index in [0.29, 0.717) is 5.75 Å². The second-order valence-electron chi connectivity index (χ2n) is 7.54. The summed E-state index contributed by atoms with van der Waals surface area (Å²) >= 11 is 12.2. The van der Waals surface area contributed by atoms with Gasteiger partial charge in [0, 0.05) is 10.0 Å². The average Bonchev–Trinajstić information content (AvgIpc) is 2.77. The van der Waals surface area contributed by atoms with Crippen LogP contribution in [0.15, 0.2) is 77.7 Å². The number of benzene rings is 3. The fraction of sp³-hybridized carbons (Fsp3) is 0.208. The summed E-state index contributed by atoms with van der Waals surface area (Å²) in [7, 11) is -4.05. The molecule has 6 nitrogen and oxygen atoms in total. The van der Waals surface area contributed by atoms with Crippen molar-refractivity contribution in [2.24, 2.45) is 0 Å². The molecule has 3 rings (SSSR count). The van der Waals surface area contributed by atoms with Crippen LogP contribution in [0.5, 0.6) is 5.75 Å². The molecule has 1 unspecified atom stereocenters. The van der Waals surface area contributed by atoms with Crippen molar-refractivity contribution in [3.63, 3.8) is 0 Å². The zero-order chi connectivity index (χ0) is 24.0. The van der Waals surface area contributed by atoms with Gasteiger partial charge < -0.3 is 10.1 Å². The Labute approximate surface area is 204 Å². The maximum Gasteiger partial charge on any atom is 0.264 e. The topological polar surface area (TPSA) is 75.7 Å². The monoisotopic (exact) mass is 506 g/mol. The first kappa shape index (κ1) is 24.9. The average molecular weight is 507 g/mol. The Bertz CT molecular complexity index is 1180. The number of carbonyl (C=O) groups is 1. The van der Waals surface area contributed by atoms with Crippen LogP contribution in [0.2, 0.25) is 10.0 Å². The Balaban J connectivity index is 1.76. The van der Waals surface area contributed by atoms with E-state index < -0.39 is 22.5 Å². The summed E-state index contributed by atoms with van der Waals surface area (Å²) in [5, 5.41) is 3.29. The van der Waals surface area contributed by atoms with E-state index in [1.54, 1.807) is 25.1 Å². The lowest BCUT2D eigenvalue weighted by Crippen LogP contribution is -2.45. The van der Waals surface area contributed by atoms with Crippen molar-refractivity contribution in [2.75, 3.05) is 17.5 Å². The maximum atomic E-state index is 13.3. The Hall–Kier alpha value is -2.74. The van der Waals surface area contributed by atoms with E-state index in [2.05, 4.69) is 5.32 Å². The third-order valence-electron chi connectivity index (χ3n) is 4.68. The van der Waals surface area contributed by atoms with Crippen LogP contribution in [0.25, 0.3) is 0 Å². The summed E-state index contributed by atoms with van der Waals surface area (Å²) in [5.74, 6) is 0.189. The van der Waals surface area contributed by atoms with Crippen LogP contribution in [0.3, 0.4) is 0 Å². The predicted molar refractivity (Wildman–Crippen MR) is 132 cm³/mol. The van der Waals surface area contributed by atoms with Crippen LogP contribution in [0.4, 0.5) is 5.69 Å². The van der Waals surface area contributed by atoms with Gasteiger partial charge in [0.1, 0.15) is 18.9 Å². The van der Waals surface area contributed by atoms with Crippen molar-refractivity contribution in [3.8, 4) is 5.75 Å². The molecule has 0 heterocycles. The highest BCUT2D eigenvalue weighted by molar-refractivity contribution is 7.92. The number of halogens is 2. The van der Waals surface area contributed by atoms with Gasteiger partial charge in [-0.25, -0.2) is 8.42 Å². The van der Waals surface area contributed by atoms with E-state index in [1.807, 2.05) is 31.2 Å². The van der Waals surface area contributed by atoms with Crippen molar-refractivity contribution < 1.29 is 17.9 Å². The molecule has 0 aliphatic heterocycles. The molecule has 174 valence electrons. The van der Waals surface area contributed by atoms with Crippen LogP contribution in [-0.4, -0.2) is 33.5 Å². The standard InChI is InChI=1S/C24H24Cl2N2O4S/c1-17-8-10-22(11-9-17)32-16-18(2)27-24(29)15-28(21-13-19(25)12-20(26)14-21)33(30,31)23-6-4-3-5-7-23/h3-14,18H,15-16H2,1-2H3,(H,27,29). The molecular formula is C24H24Cl2N2O4S. The molecule has 0 radical (unpaired) electrons. The van der Waals surface area contributed by atoms with Gasteiger partial charge in [0.2, 0.25) is 5.91 Å². The number of amides is 1. The van der Waals surface area contributed by atoms with Crippen molar-refractivity contribution in [1.82, 2.24) is 5.32 Å². The Morgan fingerprint density at radius 3 is 2.21 bits per heavy atom. The fourth-order valence-corrected chi connectivity index (χ4v) is 5.01. The molecule has 1 N–H and O–H groups in total. The Kier molecular flexibility index (Phi) is 8.24. The number of aryl methyl sites for hydroxylation is 1. The van der Waals surface area contributed by atoms with Crippen molar-refractivity contribution >= 4 is 44.8 Å². The molecule has 0 aromatic heterocycles. The van der Waals surface area contributed by atoms with Gasteiger partial charge in [0.05, 0.1) is 16.6 Å². The zero-order valence-electron chi connectivity index (χ0n) is 18.2. The number of nitrogens with zero attached hydrogens (tertiary/aromatic N) is 1. The lowest BCUT2D eigenvalue weighted by atomic mass is 10.2. The smallest absolute Gasteiger partial charge is 0.264 e. The highest BCUT2D eigenvalue weighted by Gasteiger charge is 2.28.